The second-order valence-corrected chi connectivity index (χ2v) is 9.29. The Morgan fingerprint density at radius 2 is 2.00 bits per heavy atom. The fraction of sp³-hybridized carbons (Fsp3) is 0.250. The number of thiazole rings is 1. The molecular weight excluding hydrogens is 438 g/mol. The van der Waals surface area contributed by atoms with E-state index in [0.717, 1.165) is 16.7 Å². The molecule has 1 atom stereocenters. The van der Waals surface area contributed by atoms with Crippen LogP contribution >= 0.6 is 11.3 Å². The number of amides is 1. The molecule has 1 aromatic carbocycles. The Kier molecular flexibility index (Phi) is 5.22. The van der Waals surface area contributed by atoms with Crippen LogP contribution in [0.3, 0.4) is 0 Å². The summed E-state index contributed by atoms with van der Waals surface area (Å²) >= 11 is 1.27. The van der Waals surface area contributed by atoms with Gasteiger partial charge in [0.1, 0.15) is 0 Å². The zero-order valence-corrected chi connectivity index (χ0v) is 19.3. The number of aryl methyl sites for hydroxylation is 1. The lowest BCUT2D eigenvalue weighted by Crippen LogP contribution is -2.36. The van der Waals surface area contributed by atoms with Gasteiger partial charge in [0.25, 0.3) is 5.91 Å². The Balaban J connectivity index is 1.62. The molecular formula is C24H23N5O3S. The van der Waals surface area contributed by atoms with E-state index in [1.54, 1.807) is 23.4 Å². The molecule has 168 valence electrons. The van der Waals surface area contributed by atoms with Crippen molar-refractivity contribution in [3.63, 3.8) is 0 Å². The minimum Gasteiger partial charge on any atom is -0.503 e. The monoisotopic (exact) mass is 461 g/mol. The molecule has 9 heteroatoms. The van der Waals surface area contributed by atoms with Gasteiger partial charge in [-0.1, -0.05) is 29.5 Å². The van der Waals surface area contributed by atoms with E-state index in [1.165, 1.54) is 11.3 Å². The number of likely N-dealkylation sites (N-methyl/N-ethyl adjacent to an activating group) is 1. The number of imidazole rings is 1. The number of hydrogen-bond donors (Lipinski definition) is 1. The van der Waals surface area contributed by atoms with Gasteiger partial charge in [-0.15, -0.1) is 0 Å². The SMILES string of the molecule is Cc1c(C(=O)C2=C(O)C(=O)N(CCN(C)C)C2c2cccnc2)sc2nc3ccccc3n12. The second kappa shape index (κ2) is 8.09. The van der Waals surface area contributed by atoms with Crippen LogP contribution in [0.5, 0.6) is 0 Å². The minimum atomic E-state index is -0.704. The number of aliphatic hydroxyl groups is 1. The average molecular weight is 462 g/mol. The number of carbonyl (C=O) groups excluding carboxylic acids is 2. The number of hydrogen-bond acceptors (Lipinski definition) is 7. The highest BCUT2D eigenvalue weighted by atomic mass is 32.1. The molecule has 1 amide bonds. The molecule has 1 aliphatic rings. The van der Waals surface area contributed by atoms with Gasteiger partial charge < -0.3 is 14.9 Å². The summed E-state index contributed by atoms with van der Waals surface area (Å²) in [6, 6.07) is 10.6. The smallest absolute Gasteiger partial charge is 0.290 e. The van der Waals surface area contributed by atoms with E-state index in [-0.39, 0.29) is 11.4 Å². The van der Waals surface area contributed by atoms with Gasteiger partial charge in [-0.05, 0) is 44.8 Å². The normalized spacial score (nSPS) is 16.7. The van der Waals surface area contributed by atoms with Crippen molar-refractivity contribution in [2.45, 2.75) is 13.0 Å². The van der Waals surface area contributed by atoms with Crippen molar-refractivity contribution in [2.75, 3.05) is 27.2 Å². The van der Waals surface area contributed by atoms with Crippen LogP contribution in [0.25, 0.3) is 16.0 Å². The number of benzene rings is 1. The Hall–Kier alpha value is -3.56. The summed E-state index contributed by atoms with van der Waals surface area (Å²) < 4.78 is 1.95. The summed E-state index contributed by atoms with van der Waals surface area (Å²) in [6.45, 7) is 2.82. The summed E-state index contributed by atoms with van der Waals surface area (Å²) in [6.07, 6.45) is 3.27. The predicted octanol–water partition coefficient (Wildman–Crippen LogP) is 3.39. The first-order valence-corrected chi connectivity index (χ1v) is 11.4. The van der Waals surface area contributed by atoms with Crippen LogP contribution in [-0.2, 0) is 4.79 Å². The zero-order valence-electron chi connectivity index (χ0n) is 18.5. The molecule has 1 N–H and O–H groups in total. The van der Waals surface area contributed by atoms with Gasteiger partial charge in [0.15, 0.2) is 10.7 Å². The third-order valence-electron chi connectivity index (χ3n) is 5.93. The van der Waals surface area contributed by atoms with Crippen molar-refractivity contribution in [1.29, 1.82) is 0 Å². The van der Waals surface area contributed by atoms with Crippen molar-refractivity contribution in [3.05, 3.63) is 76.3 Å². The third-order valence-corrected chi connectivity index (χ3v) is 7.07. The molecule has 0 saturated heterocycles. The maximum absolute atomic E-state index is 13.8. The Bertz CT molecular complexity index is 1420. The van der Waals surface area contributed by atoms with E-state index in [1.807, 2.05) is 60.7 Å². The van der Waals surface area contributed by atoms with E-state index in [9.17, 15) is 14.7 Å². The van der Waals surface area contributed by atoms with Crippen molar-refractivity contribution in [2.24, 2.45) is 0 Å². The second-order valence-electron chi connectivity index (χ2n) is 8.32. The topological polar surface area (TPSA) is 91.0 Å². The molecule has 4 heterocycles. The zero-order chi connectivity index (χ0) is 23.3. The van der Waals surface area contributed by atoms with Crippen molar-refractivity contribution in [3.8, 4) is 0 Å². The molecule has 0 aliphatic carbocycles. The number of pyridine rings is 1. The number of rotatable bonds is 6. The Labute approximate surface area is 194 Å². The van der Waals surface area contributed by atoms with Gasteiger partial charge in [-0.2, -0.15) is 0 Å². The lowest BCUT2D eigenvalue weighted by atomic mass is 9.96. The van der Waals surface area contributed by atoms with Crippen molar-refractivity contribution >= 4 is 39.0 Å². The third kappa shape index (κ3) is 3.40. The highest BCUT2D eigenvalue weighted by Gasteiger charge is 2.44. The van der Waals surface area contributed by atoms with Gasteiger partial charge in [0.2, 0.25) is 5.78 Å². The van der Waals surface area contributed by atoms with E-state index < -0.39 is 17.7 Å². The van der Waals surface area contributed by atoms with E-state index >= 15 is 0 Å². The molecule has 0 bridgehead atoms. The van der Waals surface area contributed by atoms with Crippen LogP contribution in [0.4, 0.5) is 0 Å². The Morgan fingerprint density at radius 3 is 2.73 bits per heavy atom. The lowest BCUT2D eigenvalue weighted by Gasteiger charge is -2.27. The fourth-order valence-corrected chi connectivity index (χ4v) is 5.40. The summed E-state index contributed by atoms with van der Waals surface area (Å²) in [7, 11) is 3.82. The first-order chi connectivity index (χ1) is 15.9. The number of carbonyl (C=O) groups is 2. The molecule has 0 spiro atoms. The number of ketones is 1. The molecule has 3 aromatic heterocycles. The maximum Gasteiger partial charge on any atom is 0.290 e. The molecule has 8 nitrogen and oxygen atoms in total. The van der Waals surface area contributed by atoms with Crippen LogP contribution in [0.1, 0.15) is 27.0 Å². The van der Waals surface area contributed by atoms with E-state index in [2.05, 4.69) is 9.97 Å². The quantitative estimate of drug-likeness (QED) is 0.443. The molecule has 1 unspecified atom stereocenters. The lowest BCUT2D eigenvalue weighted by molar-refractivity contribution is -0.129. The standard InChI is InChI=1S/C24H23N5O3S/c1-14-22(33-24-26-16-8-4-5-9-17(16)29(14)24)20(30)18-19(15-7-6-10-25-13-15)28(12-11-27(2)3)23(32)21(18)31/h4-10,13,19,31H,11-12H2,1-3H3. The number of aromatic nitrogens is 3. The first-order valence-electron chi connectivity index (χ1n) is 10.6. The number of para-hydroxylation sites is 2. The molecule has 0 radical (unpaired) electrons. The summed E-state index contributed by atoms with van der Waals surface area (Å²) in [5, 5.41) is 10.9. The maximum atomic E-state index is 13.8. The molecule has 5 rings (SSSR count). The van der Waals surface area contributed by atoms with Gasteiger partial charge in [0, 0.05) is 31.2 Å². The predicted molar refractivity (Wildman–Crippen MR) is 127 cm³/mol. The minimum absolute atomic E-state index is 0.0867. The van der Waals surface area contributed by atoms with Crippen LogP contribution in [0.15, 0.2) is 60.1 Å². The van der Waals surface area contributed by atoms with Crippen LogP contribution < -0.4 is 0 Å². The molecule has 4 aromatic rings. The molecule has 0 fully saturated rings. The van der Waals surface area contributed by atoms with Gasteiger partial charge in [0.05, 0.1) is 27.5 Å². The first kappa shape index (κ1) is 21.3. The summed E-state index contributed by atoms with van der Waals surface area (Å²) in [5.41, 5.74) is 3.27. The van der Waals surface area contributed by atoms with Gasteiger partial charge in [-0.25, -0.2) is 4.98 Å². The summed E-state index contributed by atoms with van der Waals surface area (Å²) in [4.78, 5) is 40.4. The van der Waals surface area contributed by atoms with E-state index in [0.29, 0.717) is 28.5 Å². The largest absolute Gasteiger partial charge is 0.503 e. The summed E-state index contributed by atoms with van der Waals surface area (Å²) in [5.74, 6) is -1.40. The number of aliphatic hydroxyl groups excluding tert-OH is 1. The van der Waals surface area contributed by atoms with Gasteiger partial charge in [-0.3, -0.25) is 19.0 Å². The number of fused-ring (bicyclic) bond motifs is 3. The molecule has 33 heavy (non-hydrogen) atoms. The van der Waals surface area contributed by atoms with E-state index in [4.69, 9.17) is 0 Å². The van der Waals surface area contributed by atoms with Crippen LogP contribution in [-0.4, -0.2) is 68.2 Å². The fourth-order valence-electron chi connectivity index (χ4n) is 4.30. The van der Waals surface area contributed by atoms with Crippen LogP contribution in [0, 0.1) is 6.92 Å². The van der Waals surface area contributed by atoms with Gasteiger partial charge >= 0.3 is 0 Å². The van der Waals surface area contributed by atoms with Crippen LogP contribution in [0.2, 0.25) is 0 Å². The number of nitrogens with zero attached hydrogens (tertiary/aromatic N) is 5. The van der Waals surface area contributed by atoms with Crippen molar-refractivity contribution in [1.82, 2.24) is 24.2 Å². The Morgan fingerprint density at radius 1 is 1.21 bits per heavy atom. The van der Waals surface area contributed by atoms with Crippen molar-refractivity contribution < 1.29 is 14.7 Å². The highest BCUT2D eigenvalue weighted by Crippen LogP contribution is 2.40. The highest BCUT2D eigenvalue weighted by molar-refractivity contribution is 7.19. The average Bonchev–Trinajstić information content (AvgIpc) is 3.42. The number of Topliss-reactive ketones (excluding diaryl/α,β-unsaturated/α-hetero) is 1. The molecule has 0 saturated carbocycles. The molecule has 1 aliphatic heterocycles.